The lowest BCUT2D eigenvalue weighted by Crippen LogP contribution is -2.44. The number of piperazine rings is 1. The molecule has 2 heterocycles. The highest BCUT2D eigenvalue weighted by Crippen LogP contribution is 2.29. The zero-order chi connectivity index (χ0) is 19.7. The molecule has 0 spiro atoms. The van der Waals surface area contributed by atoms with Gasteiger partial charge < -0.3 is 15.5 Å². The Labute approximate surface area is 177 Å². The van der Waals surface area contributed by atoms with Gasteiger partial charge in [0.15, 0.2) is 0 Å². The van der Waals surface area contributed by atoms with Gasteiger partial charge in [-0.1, -0.05) is 18.2 Å². The molecule has 2 saturated heterocycles. The predicted molar refractivity (Wildman–Crippen MR) is 116 cm³/mol. The number of likely N-dealkylation sites (N-methyl/N-ethyl adjacent to an activating group) is 1. The lowest BCUT2D eigenvalue weighted by atomic mass is 9.95. The largest absolute Gasteiger partial charge is 0.367 e. The van der Waals surface area contributed by atoms with Crippen LogP contribution in [0.5, 0.6) is 0 Å². The molecule has 2 unspecified atom stereocenters. The van der Waals surface area contributed by atoms with E-state index in [9.17, 15) is 8.78 Å². The zero-order valence-corrected chi connectivity index (χ0v) is 17.5. The van der Waals surface area contributed by atoms with Gasteiger partial charge in [0, 0.05) is 57.8 Å². The van der Waals surface area contributed by atoms with Crippen LogP contribution in [0.1, 0.15) is 17.0 Å². The van der Waals surface area contributed by atoms with E-state index in [4.69, 9.17) is 5.73 Å². The molecule has 0 aliphatic carbocycles. The molecule has 2 aromatic rings. The van der Waals surface area contributed by atoms with Crippen LogP contribution < -0.4 is 10.6 Å². The van der Waals surface area contributed by atoms with E-state index in [0.717, 1.165) is 50.4 Å². The number of benzene rings is 2. The number of anilines is 1. The summed E-state index contributed by atoms with van der Waals surface area (Å²) in [6, 6.07) is 12.2. The normalized spacial score (nSPS) is 23.2. The molecule has 2 atom stereocenters. The highest BCUT2D eigenvalue weighted by Gasteiger charge is 2.31. The van der Waals surface area contributed by atoms with Crippen molar-refractivity contribution in [1.82, 2.24) is 9.80 Å². The highest BCUT2D eigenvalue weighted by atomic mass is 35.5. The van der Waals surface area contributed by atoms with Gasteiger partial charge in [-0.05, 0) is 42.4 Å². The predicted octanol–water partition coefficient (Wildman–Crippen LogP) is 3.07. The van der Waals surface area contributed by atoms with Crippen LogP contribution in [-0.4, -0.2) is 62.2 Å². The minimum Gasteiger partial charge on any atom is -0.367 e. The molecule has 7 heteroatoms. The van der Waals surface area contributed by atoms with Crippen molar-refractivity contribution in [2.24, 2.45) is 5.73 Å². The molecule has 0 bridgehead atoms. The molecule has 0 saturated carbocycles. The van der Waals surface area contributed by atoms with Gasteiger partial charge in [0.05, 0.1) is 5.69 Å². The Hall–Kier alpha value is -1.73. The quantitative estimate of drug-likeness (QED) is 0.821. The first kappa shape index (κ1) is 22.0. The Morgan fingerprint density at radius 3 is 2.31 bits per heavy atom. The minimum atomic E-state index is -0.233. The molecule has 2 aliphatic heterocycles. The summed E-state index contributed by atoms with van der Waals surface area (Å²) in [7, 11) is 2.09. The molecular formula is C22H29ClF2N4. The third-order valence-corrected chi connectivity index (χ3v) is 6.00. The number of likely N-dealkylation sites (tertiary alicyclic amines) is 1. The Morgan fingerprint density at radius 1 is 0.966 bits per heavy atom. The van der Waals surface area contributed by atoms with Crippen LogP contribution >= 0.6 is 12.4 Å². The number of hydrogen-bond donors (Lipinski definition) is 1. The fraction of sp³-hybridized carbons (Fsp3) is 0.455. The second-order valence-electron chi connectivity index (χ2n) is 8.09. The van der Waals surface area contributed by atoms with Gasteiger partial charge in [-0.3, -0.25) is 4.90 Å². The summed E-state index contributed by atoms with van der Waals surface area (Å²) in [5.74, 6) is -0.209. The SMILES string of the molecule is CN1CCN(c2ccc(CN3CC(N)C(c4ccc(F)cc4)C3)cc2F)CC1.Cl. The number of nitrogens with two attached hydrogens (primary N) is 1. The van der Waals surface area contributed by atoms with Gasteiger partial charge in [0.25, 0.3) is 0 Å². The first-order chi connectivity index (χ1) is 13.5. The summed E-state index contributed by atoms with van der Waals surface area (Å²) in [5, 5.41) is 0. The van der Waals surface area contributed by atoms with E-state index in [1.165, 1.54) is 12.1 Å². The van der Waals surface area contributed by atoms with Crippen LogP contribution in [0.2, 0.25) is 0 Å². The van der Waals surface area contributed by atoms with Crippen LogP contribution in [0, 0.1) is 11.6 Å². The van der Waals surface area contributed by atoms with Gasteiger partial charge in [0.2, 0.25) is 0 Å². The van der Waals surface area contributed by atoms with Gasteiger partial charge >= 0.3 is 0 Å². The van der Waals surface area contributed by atoms with E-state index in [2.05, 4.69) is 21.7 Å². The van der Waals surface area contributed by atoms with E-state index in [1.807, 2.05) is 24.3 Å². The fourth-order valence-corrected chi connectivity index (χ4v) is 4.32. The average Bonchev–Trinajstić information content (AvgIpc) is 3.03. The molecule has 2 fully saturated rings. The van der Waals surface area contributed by atoms with Crippen LogP contribution in [0.3, 0.4) is 0 Å². The first-order valence-corrected chi connectivity index (χ1v) is 9.95. The topological polar surface area (TPSA) is 35.7 Å². The molecule has 158 valence electrons. The van der Waals surface area contributed by atoms with Crippen molar-refractivity contribution in [3.05, 3.63) is 65.2 Å². The first-order valence-electron chi connectivity index (χ1n) is 9.95. The van der Waals surface area contributed by atoms with Crippen molar-refractivity contribution < 1.29 is 8.78 Å². The average molecular weight is 423 g/mol. The lowest BCUT2D eigenvalue weighted by molar-refractivity contribution is 0.311. The molecule has 0 aromatic heterocycles. The Kier molecular flexibility index (Phi) is 7.11. The van der Waals surface area contributed by atoms with Crippen molar-refractivity contribution in [2.75, 3.05) is 51.2 Å². The maximum absolute atomic E-state index is 14.7. The van der Waals surface area contributed by atoms with Crippen molar-refractivity contribution >= 4 is 18.1 Å². The molecule has 2 aliphatic rings. The molecule has 4 rings (SSSR count). The Bertz CT molecular complexity index is 809. The number of halogens is 3. The Morgan fingerprint density at radius 2 is 1.66 bits per heavy atom. The Balaban J connectivity index is 0.00000240. The van der Waals surface area contributed by atoms with Crippen LogP contribution in [0.25, 0.3) is 0 Å². The highest BCUT2D eigenvalue weighted by molar-refractivity contribution is 5.85. The fourth-order valence-electron chi connectivity index (χ4n) is 4.32. The van der Waals surface area contributed by atoms with Crippen molar-refractivity contribution in [2.45, 2.75) is 18.5 Å². The van der Waals surface area contributed by atoms with E-state index >= 15 is 0 Å². The van der Waals surface area contributed by atoms with E-state index in [-0.39, 0.29) is 36.0 Å². The van der Waals surface area contributed by atoms with Crippen LogP contribution in [0.4, 0.5) is 14.5 Å². The van der Waals surface area contributed by atoms with Gasteiger partial charge in [-0.15, -0.1) is 12.4 Å². The van der Waals surface area contributed by atoms with Crippen molar-refractivity contribution in [1.29, 1.82) is 0 Å². The zero-order valence-electron chi connectivity index (χ0n) is 16.7. The number of hydrogen-bond acceptors (Lipinski definition) is 4. The number of nitrogens with zero attached hydrogens (tertiary/aromatic N) is 3. The lowest BCUT2D eigenvalue weighted by Gasteiger charge is -2.34. The molecule has 4 nitrogen and oxygen atoms in total. The number of rotatable bonds is 4. The smallest absolute Gasteiger partial charge is 0.146 e. The minimum absolute atomic E-state index is 0. The maximum atomic E-state index is 14.7. The van der Waals surface area contributed by atoms with Crippen LogP contribution in [0.15, 0.2) is 42.5 Å². The van der Waals surface area contributed by atoms with Gasteiger partial charge in [-0.25, -0.2) is 8.78 Å². The summed E-state index contributed by atoms with van der Waals surface area (Å²) >= 11 is 0. The standard InChI is InChI=1S/C22H28F2N4.ClH/c1-26-8-10-28(11-9-26)22-7-2-16(12-20(22)24)13-27-14-19(21(25)15-27)17-3-5-18(23)6-4-17;/h2-7,12,19,21H,8-11,13-15,25H2,1H3;1H. The third-order valence-electron chi connectivity index (χ3n) is 6.00. The summed E-state index contributed by atoms with van der Waals surface area (Å²) in [6.45, 7) is 5.85. The monoisotopic (exact) mass is 422 g/mol. The molecule has 2 aromatic carbocycles. The summed E-state index contributed by atoms with van der Waals surface area (Å²) in [4.78, 5) is 6.63. The van der Waals surface area contributed by atoms with E-state index in [1.54, 1.807) is 6.07 Å². The van der Waals surface area contributed by atoms with Crippen LogP contribution in [-0.2, 0) is 6.54 Å². The van der Waals surface area contributed by atoms with Crippen molar-refractivity contribution in [3.8, 4) is 0 Å². The summed E-state index contributed by atoms with van der Waals surface area (Å²) < 4.78 is 27.9. The third kappa shape index (κ3) is 5.07. The molecule has 0 radical (unpaired) electrons. The molecule has 0 amide bonds. The maximum Gasteiger partial charge on any atom is 0.146 e. The second-order valence-corrected chi connectivity index (χ2v) is 8.09. The van der Waals surface area contributed by atoms with Gasteiger partial charge in [0.1, 0.15) is 11.6 Å². The van der Waals surface area contributed by atoms with Gasteiger partial charge in [-0.2, -0.15) is 0 Å². The summed E-state index contributed by atoms with van der Waals surface area (Å²) in [6.07, 6.45) is 0. The molecule has 2 N–H and O–H groups in total. The second kappa shape index (κ2) is 9.39. The summed E-state index contributed by atoms with van der Waals surface area (Å²) in [5.41, 5.74) is 9.05. The molecule has 29 heavy (non-hydrogen) atoms. The van der Waals surface area contributed by atoms with E-state index < -0.39 is 0 Å². The van der Waals surface area contributed by atoms with Crippen molar-refractivity contribution in [3.63, 3.8) is 0 Å². The van der Waals surface area contributed by atoms with E-state index in [0.29, 0.717) is 12.2 Å². The molecular weight excluding hydrogens is 394 g/mol.